The van der Waals surface area contributed by atoms with Crippen molar-refractivity contribution in [1.82, 2.24) is 7.94 Å². The Bertz CT molecular complexity index is 4620. The summed E-state index contributed by atoms with van der Waals surface area (Å²) in [5.41, 5.74) is 7.42. The summed E-state index contributed by atoms with van der Waals surface area (Å²) in [6, 6.07) is 49.7. The molecule has 2 saturated carbocycles. The summed E-state index contributed by atoms with van der Waals surface area (Å²) < 4.78 is 101. The highest BCUT2D eigenvalue weighted by Gasteiger charge is 2.35. The van der Waals surface area contributed by atoms with Crippen molar-refractivity contribution in [3.8, 4) is 56.9 Å². The third-order valence-electron chi connectivity index (χ3n) is 17.7. The van der Waals surface area contributed by atoms with Gasteiger partial charge in [0.05, 0.1) is 83.6 Å². The van der Waals surface area contributed by atoms with Gasteiger partial charge >= 0.3 is 11.9 Å². The average molecular weight is 1260 g/mol. The van der Waals surface area contributed by atoms with Crippen LogP contribution in [0.2, 0.25) is 0 Å². The van der Waals surface area contributed by atoms with Gasteiger partial charge in [0.25, 0.3) is 20.0 Å². The molecule has 2 aliphatic carbocycles. The van der Waals surface area contributed by atoms with Gasteiger partial charge in [0.1, 0.15) is 11.6 Å². The van der Waals surface area contributed by atoms with Crippen molar-refractivity contribution in [2.75, 3.05) is 14.2 Å². The van der Waals surface area contributed by atoms with E-state index in [1.54, 1.807) is 72.8 Å². The van der Waals surface area contributed by atoms with Crippen LogP contribution in [0.1, 0.15) is 96.6 Å². The Morgan fingerprint density at radius 3 is 1.18 bits per heavy atom. The second-order valence-corrected chi connectivity index (χ2v) is 26.7. The predicted molar refractivity (Wildman–Crippen MR) is 348 cm³/mol. The van der Waals surface area contributed by atoms with Crippen LogP contribution in [0, 0.1) is 73.1 Å². The lowest BCUT2D eigenvalue weighted by atomic mass is 9.78. The van der Waals surface area contributed by atoms with Gasteiger partial charge in [0.15, 0.2) is 11.4 Å². The van der Waals surface area contributed by atoms with Crippen LogP contribution in [0.25, 0.3) is 76.3 Å². The molecular weight excluding hydrogens is 1200 g/mol. The van der Waals surface area contributed by atoms with Crippen molar-refractivity contribution in [3.05, 3.63) is 238 Å². The number of benzene rings is 8. The Labute approximate surface area is 532 Å². The number of aryl methyl sites for hydroxylation is 2. The Hall–Kier alpha value is -10.5. The second-order valence-electron chi connectivity index (χ2n) is 23.2. The normalized spacial score (nSPS) is 16.5. The molecule has 0 N–H and O–H groups in total. The molecule has 14 nitrogen and oxygen atoms in total. The lowest BCUT2D eigenvalue weighted by Crippen LogP contribution is -2.22. The minimum absolute atomic E-state index is 0.0448. The zero-order valence-corrected chi connectivity index (χ0v) is 52.3. The number of ether oxygens (including phenoxy) is 2. The molecule has 10 aromatic rings. The minimum Gasteiger partial charge on any atom is -0.469 e. The quantitative estimate of drug-likeness (QED) is 0.0841. The van der Waals surface area contributed by atoms with Gasteiger partial charge in [-0.25, -0.2) is 43.3 Å². The molecule has 0 unspecified atom stereocenters. The largest absolute Gasteiger partial charge is 0.469 e. The van der Waals surface area contributed by atoms with Crippen LogP contribution in [-0.4, -0.2) is 50.9 Å². The van der Waals surface area contributed by atoms with Crippen molar-refractivity contribution >= 4 is 65.2 Å². The number of rotatable bonds is 12. The number of aromatic nitrogens is 2. The van der Waals surface area contributed by atoms with Gasteiger partial charge in [-0.05, 0) is 173 Å². The van der Waals surface area contributed by atoms with E-state index in [9.17, 15) is 36.9 Å². The van der Waals surface area contributed by atoms with Crippen molar-refractivity contribution < 1.29 is 44.7 Å². The van der Waals surface area contributed by atoms with E-state index >= 15 is 8.78 Å². The van der Waals surface area contributed by atoms with Gasteiger partial charge in [-0.2, -0.15) is 10.5 Å². The van der Waals surface area contributed by atoms with Gasteiger partial charge in [-0.3, -0.25) is 9.59 Å². The molecule has 460 valence electrons. The number of methoxy groups -OCH3 is 2. The Morgan fingerprint density at radius 2 is 0.848 bits per heavy atom. The first-order valence-electron chi connectivity index (χ1n) is 29.9. The number of nitriles is 2. The highest BCUT2D eigenvalue weighted by molar-refractivity contribution is 7.90. The van der Waals surface area contributed by atoms with Crippen LogP contribution in [0.15, 0.2) is 180 Å². The third kappa shape index (κ3) is 11.8. The monoisotopic (exact) mass is 1260 g/mol. The van der Waals surface area contributed by atoms with E-state index in [1.165, 1.54) is 82.8 Å². The molecule has 0 amide bonds. The maximum atomic E-state index is 15.0. The molecule has 0 saturated heterocycles. The molecule has 12 rings (SSSR count). The van der Waals surface area contributed by atoms with Crippen molar-refractivity contribution in [3.63, 3.8) is 0 Å². The van der Waals surface area contributed by atoms with Gasteiger partial charge in [-0.15, -0.1) is 0 Å². The molecular formula is C74H60F2N6O8S2. The molecule has 2 aromatic heterocycles. The van der Waals surface area contributed by atoms with Gasteiger partial charge in [0.2, 0.25) is 0 Å². The molecule has 0 aliphatic heterocycles. The van der Waals surface area contributed by atoms with E-state index in [1.807, 2.05) is 50.2 Å². The van der Waals surface area contributed by atoms with E-state index in [4.69, 9.17) is 22.6 Å². The fourth-order valence-electron chi connectivity index (χ4n) is 13.1. The second kappa shape index (κ2) is 26.1. The molecule has 8 aromatic carbocycles. The molecule has 0 atom stereocenters. The van der Waals surface area contributed by atoms with Gasteiger partial charge < -0.3 is 9.47 Å². The molecule has 0 bridgehead atoms. The minimum atomic E-state index is -4.28. The first-order valence-corrected chi connectivity index (χ1v) is 32.7. The number of hydrogen-bond acceptors (Lipinski definition) is 10. The summed E-state index contributed by atoms with van der Waals surface area (Å²) in [5, 5.41) is 20.9. The Balaban J connectivity index is 0.000000188. The van der Waals surface area contributed by atoms with Crippen LogP contribution in [0.5, 0.6) is 0 Å². The van der Waals surface area contributed by atoms with E-state index in [0.29, 0.717) is 47.9 Å². The van der Waals surface area contributed by atoms with Crippen molar-refractivity contribution in [2.45, 2.75) is 86.8 Å². The summed E-state index contributed by atoms with van der Waals surface area (Å²) >= 11 is 0. The van der Waals surface area contributed by atoms with Crippen molar-refractivity contribution in [1.29, 1.82) is 10.5 Å². The number of hydrogen-bond donors (Lipinski definition) is 0. The SMILES string of the molecule is [C-]#[N+]c1cccc(C#N)c1-c1c(-c2cccc(C3CCC(C(=O)OC)CC3)c2)n(S(=O)(=O)c2ccc(C)cc2)c2ccc(F)cc12.[C-]#[N+]c1cccc(C#N)c1-c1c(-c2cccc(C3CCC(C(=O)OC)CC3)c2)n(S(=O)(=O)c2ccc(C)cc2)c2ccc(F)cc12. The van der Waals surface area contributed by atoms with Crippen LogP contribution in [0.3, 0.4) is 0 Å². The lowest BCUT2D eigenvalue weighted by Gasteiger charge is -2.27. The van der Waals surface area contributed by atoms with Crippen LogP contribution < -0.4 is 0 Å². The smallest absolute Gasteiger partial charge is 0.308 e. The zero-order valence-electron chi connectivity index (χ0n) is 50.7. The third-order valence-corrected chi connectivity index (χ3v) is 21.2. The molecule has 2 heterocycles. The van der Waals surface area contributed by atoms with E-state index in [-0.39, 0.29) is 112 Å². The van der Waals surface area contributed by atoms with E-state index in [2.05, 4.69) is 21.8 Å². The van der Waals surface area contributed by atoms with E-state index < -0.39 is 31.7 Å². The lowest BCUT2D eigenvalue weighted by molar-refractivity contribution is -0.147. The zero-order chi connectivity index (χ0) is 65.2. The fraction of sp³-hybridized carbons (Fsp3) is 0.216. The molecule has 2 aliphatic rings. The number of fused-ring (bicyclic) bond motifs is 2. The molecule has 2 fully saturated rings. The number of nitrogens with zero attached hydrogens (tertiary/aromatic N) is 6. The number of carbonyl (C=O) groups is 2. The fourth-order valence-corrected chi connectivity index (χ4v) is 16.2. The van der Waals surface area contributed by atoms with E-state index in [0.717, 1.165) is 47.9 Å². The standard InChI is InChI=1S/2C37H30FN3O4S/c2*1-23-10-17-30(18-11-23)46(43,44)41-33-19-16-29(38)21-31(33)35(34-28(22-39)8-5-9-32(34)40-2)36(41)27-7-4-6-26(20-27)24-12-14-25(15-13-24)37(42)45-3/h2*4-11,16-21,24-25H,12-15H2,1,3H3. The number of carbonyl (C=O) groups excluding carboxylic acids is 2. The summed E-state index contributed by atoms with van der Waals surface area (Å²) in [6.45, 7) is 19.6. The van der Waals surface area contributed by atoms with Gasteiger partial charge in [-0.1, -0.05) is 96.1 Å². The Morgan fingerprint density at radius 1 is 0.489 bits per heavy atom. The maximum absolute atomic E-state index is 15.0. The number of halogens is 2. The maximum Gasteiger partial charge on any atom is 0.308 e. The molecule has 92 heavy (non-hydrogen) atoms. The molecule has 18 heteroatoms. The first kappa shape index (κ1) is 63.1. The highest BCUT2D eigenvalue weighted by Crippen LogP contribution is 2.51. The first-order chi connectivity index (χ1) is 44.3. The summed E-state index contributed by atoms with van der Waals surface area (Å²) in [4.78, 5) is 31.8. The van der Waals surface area contributed by atoms with Crippen LogP contribution in [-0.2, 0) is 39.1 Å². The summed E-state index contributed by atoms with van der Waals surface area (Å²) in [6.07, 6.45) is 5.73. The number of esters is 2. The van der Waals surface area contributed by atoms with Crippen LogP contribution >= 0.6 is 0 Å². The van der Waals surface area contributed by atoms with Crippen LogP contribution in [0.4, 0.5) is 20.2 Å². The summed E-state index contributed by atoms with van der Waals surface area (Å²) in [7, 11) is -5.76. The predicted octanol–water partition coefficient (Wildman–Crippen LogP) is 17.1. The topological polar surface area (TPSA) is 187 Å². The average Bonchev–Trinajstić information content (AvgIpc) is 1.56. The Kier molecular flexibility index (Phi) is 17.9. The summed E-state index contributed by atoms with van der Waals surface area (Å²) in [5.74, 6) is -1.63. The highest BCUT2D eigenvalue weighted by atomic mass is 32.2. The molecule has 0 spiro atoms. The van der Waals surface area contributed by atoms with Crippen molar-refractivity contribution in [2.24, 2.45) is 11.8 Å². The van der Waals surface area contributed by atoms with Gasteiger partial charge in [0, 0.05) is 55.3 Å². The molecule has 0 radical (unpaired) electrons.